The van der Waals surface area contributed by atoms with Gasteiger partial charge >= 0.3 is 0 Å². The van der Waals surface area contributed by atoms with Crippen molar-refractivity contribution in [2.45, 2.75) is 6.42 Å². The summed E-state index contributed by atoms with van der Waals surface area (Å²) < 4.78 is 10.2. The van der Waals surface area contributed by atoms with Gasteiger partial charge in [-0.05, 0) is 18.0 Å². The Bertz CT molecular complexity index is 676. The molecule has 12 heteroatoms. The van der Waals surface area contributed by atoms with Gasteiger partial charge in [0.2, 0.25) is 5.91 Å². The summed E-state index contributed by atoms with van der Waals surface area (Å²) in [6.45, 7) is 0.792. The topological polar surface area (TPSA) is 180 Å². The summed E-state index contributed by atoms with van der Waals surface area (Å²) in [5.74, 6) is -1.47. The van der Waals surface area contributed by atoms with Crippen LogP contribution in [0.4, 0.5) is 5.69 Å². The molecule has 1 rings (SSSR count). The highest BCUT2D eigenvalue weighted by atomic mass is 16.6. The average molecular weight is 369 g/mol. The molecule has 0 aliphatic rings. The number of phenolic OH excluding ortho intramolecular Hbond substituents is 2. The van der Waals surface area contributed by atoms with Gasteiger partial charge in [-0.15, -0.1) is 0 Å². The predicted molar refractivity (Wildman–Crippen MR) is 88.8 cm³/mol. The zero-order valence-electron chi connectivity index (χ0n) is 13.8. The molecule has 26 heavy (non-hydrogen) atoms. The fraction of sp³-hybridized carbons (Fsp3) is 0.500. The highest BCUT2D eigenvalue weighted by Crippen LogP contribution is 2.32. The smallest absolute Gasteiger partial charge is 0.276 e. The van der Waals surface area contributed by atoms with Crippen LogP contribution in [0.2, 0.25) is 0 Å². The van der Waals surface area contributed by atoms with Gasteiger partial charge in [-0.3, -0.25) is 14.9 Å². The second kappa shape index (κ2) is 11.5. The number of aromatic hydroxyl groups is 2. The summed E-state index contributed by atoms with van der Waals surface area (Å²) in [7, 11) is 0. The number of carbonyl (C=O) groups excluding carboxylic acids is 1. The first-order valence-corrected chi connectivity index (χ1v) is 7.58. The lowest BCUT2D eigenvalue weighted by Crippen LogP contribution is -2.30. The molecule has 0 heterocycles. The number of nitrogens with one attached hydrogen (secondary N) is 1. The summed E-state index contributed by atoms with van der Waals surface area (Å²) in [5, 5.41) is 35.5. The number of nitro groups is 1. The number of nitro benzene ring substituents is 1. The Morgan fingerprint density at radius 1 is 1.27 bits per heavy atom. The van der Waals surface area contributed by atoms with Crippen molar-refractivity contribution in [3.8, 4) is 11.5 Å². The number of rotatable bonds is 12. The van der Waals surface area contributed by atoms with E-state index < -0.39 is 22.3 Å². The number of hydrogen-bond acceptors (Lipinski definition) is 8. The Morgan fingerprint density at radius 3 is 2.65 bits per heavy atom. The van der Waals surface area contributed by atoms with E-state index >= 15 is 0 Å². The lowest BCUT2D eigenvalue weighted by Gasteiger charge is -2.08. The first-order valence-electron chi connectivity index (χ1n) is 7.58. The van der Waals surface area contributed by atoms with E-state index in [2.05, 4.69) is 15.3 Å². The molecule has 0 radical (unpaired) electrons. The average Bonchev–Trinajstić information content (AvgIpc) is 2.59. The van der Waals surface area contributed by atoms with Crippen LogP contribution in [0.1, 0.15) is 5.56 Å². The van der Waals surface area contributed by atoms with Crippen LogP contribution in [0.25, 0.3) is 10.4 Å². The number of hydrogen-bond donors (Lipinski definition) is 3. The quantitative estimate of drug-likeness (QED) is 0.0934. The van der Waals surface area contributed by atoms with Crippen LogP contribution in [-0.2, 0) is 20.7 Å². The van der Waals surface area contributed by atoms with Crippen LogP contribution >= 0.6 is 0 Å². The van der Waals surface area contributed by atoms with E-state index in [0.29, 0.717) is 0 Å². The standard InChI is InChI=1S/C14H19N5O7/c15-18-17-3-4-25-5-6-26-9-14(22)16-2-1-10-7-12(20)13(21)8-11(10)19(23)24/h7-8,20-21H,1-6,9H2,(H,16,22). The molecule has 12 nitrogen and oxygen atoms in total. The SMILES string of the molecule is [N-]=[N+]=NCCOCCOCC(=O)NCCc1cc(O)c(O)cc1[N+](=O)[O-]. The third-order valence-electron chi connectivity index (χ3n) is 3.09. The van der Waals surface area contributed by atoms with Crippen molar-refractivity contribution in [2.24, 2.45) is 5.11 Å². The molecule has 142 valence electrons. The first kappa shape index (κ1) is 21.0. The summed E-state index contributed by atoms with van der Waals surface area (Å²) in [6, 6.07) is 1.95. The Labute approximate surface area is 148 Å². The zero-order valence-corrected chi connectivity index (χ0v) is 13.8. The molecule has 0 aliphatic carbocycles. The molecule has 0 spiro atoms. The Morgan fingerprint density at radius 2 is 1.96 bits per heavy atom. The summed E-state index contributed by atoms with van der Waals surface area (Å²) in [4.78, 5) is 24.4. The molecule has 1 aromatic carbocycles. The third-order valence-corrected chi connectivity index (χ3v) is 3.09. The molecule has 0 aliphatic heterocycles. The molecule has 3 N–H and O–H groups in total. The number of carbonyl (C=O) groups is 1. The van der Waals surface area contributed by atoms with E-state index in [1.54, 1.807) is 0 Å². The molecule has 0 saturated heterocycles. The van der Waals surface area contributed by atoms with Gasteiger partial charge in [0.25, 0.3) is 5.69 Å². The van der Waals surface area contributed by atoms with Crippen LogP contribution in [0, 0.1) is 10.1 Å². The summed E-state index contributed by atoms with van der Waals surface area (Å²) in [5.41, 5.74) is 7.89. The molecule has 0 saturated carbocycles. The Hall–Kier alpha value is -3.08. The third kappa shape index (κ3) is 7.66. The van der Waals surface area contributed by atoms with Crippen molar-refractivity contribution in [1.82, 2.24) is 5.32 Å². The molecule has 0 unspecified atom stereocenters. The van der Waals surface area contributed by atoms with E-state index in [9.17, 15) is 25.1 Å². The van der Waals surface area contributed by atoms with Gasteiger partial charge < -0.3 is 25.0 Å². The highest BCUT2D eigenvalue weighted by Gasteiger charge is 2.17. The lowest BCUT2D eigenvalue weighted by atomic mass is 10.1. The monoisotopic (exact) mass is 369 g/mol. The molecule has 0 bridgehead atoms. The number of nitrogens with zero attached hydrogens (tertiary/aromatic N) is 4. The lowest BCUT2D eigenvalue weighted by molar-refractivity contribution is -0.385. The molecule has 1 aromatic rings. The Kier molecular flexibility index (Phi) is 9.25. The van der Waals surface area contributed by atoms with E-state index in [-0.39, 0.29) is 57.2 Å². The second-order valence-electron chi connectivity index (χ2n) is 4.95. The summed E-state index contributed by atoms with van der Waals surface area (Å²) >= 11 is 0. The fourth-order valence-electron chi connectivity index (χ4n) is 1.90. The molecule has 0 atom stereocenters. The van der Waals surface area contributed by atoms with Crippen molar-refractivity contribution in [2.75, 3.05) is 39.5 Å². The maximum Gasteiger partial charge on any atom is 0.276 e. The van der Waals surface area contributed by atoms with Crippen molar-refractivity contribution in [3.05, 3.63) is 38.3 Å². The van der Waals surface area contributed by atoms with E-state index in [1.165, 1.54) is 0 Å². The van der Waals surface area contributed by atoms with Crippen LogP contribution in [0.15, 0.2) is 17.2 Å². The maximum absolute atomic E-state index is 11.6. The van der Waals surface area contributed by atoms with Gasteiger partial charge in [0.05, 0.1) is 30.8 Å². The number of ether oxygens (including phenoxy) is 2. The second-order valence-corrected chi connectivity index (χ2v) is 4.95. The molecule has 1 amide bonds. The van der Waals surface area contributed by atoms with Gasteiger partial charge in [0.1, 0.15) is 6.61 Å². The van der Waals surface area contributed by atoms with E-state index in [1.807, 2.05) is 0 Å². The Balaban J connectivity index is 2.27. The molecule has 0 fully saturated rings. The molecule has 0 aromatic heterocycles. The van der Waals surface area contributed by atoms with Gasteiger partial charge in [-0.2, -0.15) is 0 Å². The zero-order chi connectivity index (χ0) is 19.4. The minimum absolute atomic E-state index is 0.0932. The van der Waals surface area contributed by atoms with Crippen molar-refractivity contribution in [3.63, 3.8) is 0 Å². The van der Waals surface area contributed by atoms with Crippen molar-refractivity contribution >= 4 is 11.6 Å². The van der Waals surface area contributed by atoms with Crippen molar-refractivity contribution in [1.29, 1.82) is 0 Å². The van der Waals surface area contributed by atoms with Crippen molar-refractivity contribution < 1.29 is 29.4 Å². The number of amides is 1. The molecular weight excluding hydrogens is 350 g/mol. The normalized spacial score (nSPS) is 10.2. The summed E-state index contributed by atoms with van der Waals surface area (Å²) in [6.07, 6.45) is 0.0956. The maximum atomic E-state index is 11.6. The van der Waals surface area contributed by atoms with E-state index in [4.69, 9.17) is 15.0 Å². The molecular formula is C14H19N5O7. The van der Waals surface area contributed by atoms with Crippen LogP contribution < -0.4 is 5.32 Å². The van der Waals surface area contributed by atoms with Gasteiger partial charge in [-0.25, -0.2) is 0 Å². The first-order chi connectivity index (χ1) is 12.5. The predicted octanol–water partition coefficient (Wildman–Crippen LogP) is 1.01. The number of benzene rings is 1. The van der Waals surface area contributed by atoms with E-state index in [0.717, 1.165) is 12.1 Å². The van der Waals surface area contributed by atoms with Crippen LogP contribution in [0.5, 0.6) is 11.5 Å². The minimum Gasteiger partial charge on any atom is -0.504 e. The highest BCUT2D eigenvalue weighted by molar-refractivity contribution is 5.77. The van der Waals surface area contributed by atoms with Gasteiger partial charge in [0.15, 0.2) is 11.5 Å². The number of phenols is 2. The van der Waals surface area contributed by atoms with Gasteiger partial charge in [-0.1, -0.05) is 5.11 Å². The van der Waals surface area contributed by atoms with Gasteiger partial charge in [0, 0.05) is 23.6 Å². The largest absolute Gasteiger partial charge is 0.504 e. The fourth-order valence-corrected chi connectivity index (χ4v) is 1.90. The van der Waals surface area contributed by atoms with Crippen LogP contribution in [0.3, 0.4) is 0 Å². The van der Waals surface area contributed by atoms with Crippen LogP contribution in [-0.4, -0.2) is 60.6 Å². The minimum atomic E-state index is -0.679. The number of azide groups is 1.